The molecule has 0 saturated carbocycles. The van der Waals surface area contributed by atoms with Gasteiger partial charge in [0.15, 0.2) is 0 Å². The number of nitro benzene ring substituents is 1. The minimum atomic E-state index is -4.74. The minimum absolute atomic E-state index is 0.0323. The van der Waals surface area contributed by atoms with Crippen molar-refractivity contribution in [1.82, 2.24) is 10.3 Å². The van der Waals surface area contributed by atoms with Crippen molar-refractivity contribution in [2.24, 2.45) is 5.92 Å². The van der Waals surface area contributed by atoms with Crippen LogP contribution in [0.15, 0.2) is 48.5 Å². The molecule has 1 fully saturated rings. The molecule has 0 radical (unpaired) electrons. The van der Waals surface area contributed by atoms with E-state index in [0.29, 0.717) is 18.7 Å². The van der Waals surface area contributed by atoms with Crippen LogP contribution in [0.1, 0.15) is 17.5 Å². The summed E-state index contributed by atoms with van der Waals surface area (Å²) in [6.07, 6.45) is -4.77. The van der Waals surface area contributed by atoms with Crippen molar-refractivity contribution in [1.29, 1.82) is 0 Å². The Labute approximate surface area is 168 Å². The summed E-state index contributed by atoms with van der Waals surface area (Å²) in [6, 6.07) is 11.1. The van der Waals surface area contributed by atoms with Gasteiger partial charge >= 0.3 is 6.18 Å². The summed E-state index contributed by atoms with van der Waals surface area (Å²) in [4.78, 5) is 36.2. The Balaban J connectivity index is 1.63. The Morgan fingerprint density at radius 2 is 1.90 bits per heavy atom. The number of benzene rings is 2. The summed E-state index contributed by atoms with van der Waals surface area (Å²) in [6.45, 7) is 0.512. The maximum absolute atomic E-state index is 12.8. The van der Waals surface area contributed by atoms with Crippen LogP contribution in [0.2, 0.25) is 0 Å². The lowest BCUT2D eigenvalue weighted by Crippen LogP contribution is -2.36. The number of nitrogens with one attached hydrogen (secondary N) is 2. The normalized spacial score (nSPS) is 16.4. The van der Waals surface area contributed by atoms with Crippen molar-refractivity contribution >= 4 is 23.2 Å². The number of alkyl halides is 3. The summed E-state index contributed by atoms with van der Waals surface area (Å²) in [5.74, 6) is -1.49. The number of anilines is 1. The maximum atomic E-state index is 12.8. The van der Waals surface area contributed by atoms with Crippen LogP contribution in [0.5, 0.6) is 0 Å². The number of halogens is 3. The number of carbonyl (C=O) groups is 2. The molecule has 1 aliphatic rings. The summed E-state index contributed by atoms with van der Waals surface area (Å²) in [5, 5.41) is 11.1. The first-order valence-electron chi connectivity index (χ1n) is 8.88. The lowest BCUT2D eigenvalue weighted by atomic mass is 10.1. The lowest BCUT2D eigenvalue weighted by Gasteiger charge is -2.17. The van der Waals surface area contributed by atoms with Gasteiger partial charge in [-0.15, -0.1) is 0 Å². The molecular formula is C19H17F3N4O4. The molecule has 30 heavy (non-hydrogen) atoms. The second-order valence-electron chi connectivity index (χ2n) is 6.76. The van der Waals surface area contributed by atoms with Gasteiger partial charge in [0.1, 0.15) is 5.69 Å². The molecule has 8 nitrogen and oxygen atoms in total. The van der Waals surface area contributed by atoms with Crippen LogP contribution < -0.4 is 10.9 Å². The Hall–Kier alpha value is -3.63. The number of hydrogen-bond acceptors (Lipinski definition) is 5. The molecule has 2 N–H and O–H groups in total. The Morgan fingerprint density at radius 3 is 2.53 bits per heavy atom. The van der Waals surface area contributed by atoms with Gasteiger partial charge in [-0.25, -0.2) is 0 Å². The number of amides is 2. The van der Waals surface area contributed by atoms with Gasteiger partial charge in [0.05, 0.1) is 16.4 Å². The van der Waals surface area contributed by atoms with E-state index >= 15 is 0 Å². The molecule has 0 aromatic heterocycles. The highest BCUT2D eigenvalue weighted by Gasteiger charge is 2.35. The highest BCUT2D eigenvalue weighted by Crippen LogP contribution is 2.34. The SMILES string of the molecule is O=C(NNc1ccc(C(F)(F)F)cc1[N+](=O)[O-])C1CC(=O)N(Cc2ccccc2)C1. The van der Waals surface area contributed by atoms with E-state index in [1.165, 1.54) is 4.90 Å². The quantitative estimate of drug-likeness (QED) is 0.550. The van der Waals surface area contributed by atoms with Gasteiger partial charge in [0.25, 0.3) is 5.69 Å². The van der Waals surface area contributed by atoms with Gasteiger partial charge in [-0.05, 0) is 17.7 Å². The van der Waals surface area contributed by atoms with Crippen molar-refractivity contribution in [3.8, 4) is 0 Å². The van der Waals surface area contributed by atoms with Crippen LogP contribution in [0.3, 0.4) is 0 Å². The Bertz CT molecular complexity index is 966. The van der Waals surface area contributed by atoms with Crippen molar-refractivity contribution in [2.75, 3.05) is 12.0 Å². The van der Waals surface area contributed by atoms with Crippen LogP contribution in [0, 0.1) is 16.0 Å². The van der Waals surface area contributed by atoms with Crippen LogP contribution in [-0.4, -0.2) is 28.2 Å². The highest BCUT2D eigenvalue weighted by molar-refractivity contribution is 5.90. The smallest absolute Gasteiger partial charge is 0.338 e. The fourth-order valence-electron chi connectivity index (χ4n) is 3.10. The number of carbonyl (C=O) groups excluding carboxylic acids is 2. The molecule has 0 aliphatic carbocycles. The molecule has 1 atom stereocenters. The predicted molar refractivity (Wildman–Crippen MR) is 99.8 cm³/mol. The molecule has 0 spiro atoms. The second kappa shape index (κ2) is 8.39. The topological polar surface area (TPSA) is 105 Å². The molecule has 1 unspecified atom stereocenters. The van der Waals surface area contributed by atoms with E-state index in [2.05, 4.69) is 10.9 Å². The van der Waals surface area contributed by atoms with Crippen LogP contribution in [0.4, 0.5) is 24.5 Å². The summed E-state index contributed by atoms with van der Waals surface area (Å²) >= 11 is 0. The number of nitro groups is 1. The number of hydrogen-bond donors (Lipinski definition) is 2. The summed E-state index contributed by atoms with van der Waals surface area (Å²) in [5.41, 5.74) is 3.13. The molecule has 2 aromatic rings. The van der Waals surface area contributed by atoms with E-state index in [4.69, 9.17) is 0 Å². The first-order valence-corrected chi connectivity index (χ1v) is 8.88. The average molecular weight is 422 g/mol. The molecule has 2 amide bonds. The largest absolute Gasteiger partial charge is 0.416 e. The van der Waals surface area contributed by atoms with Crippen LogP contribution in [0.25, 0.3) is 0 Å². The minimum Gasteiger partial charge on any atom is -0.338 e. The Morgan fingerprint density at radius 1 is 1.20 bits per heavy atom. The van der Waals surface area contributed by atoms with E-state index in [1.54, 1.807) is 0 Å². The van der Waals surface area contributed by atoms with Gasteiger partial charge in [-0.3, -0.25) is 30.6 Å². The van der Waals surface area contributed by atoms with E-state index in [-0.39, 0.29) is 24.6 Å². The van der Waals surface area contributed by atoms with Gasteiger partial charge < -0.3 is 4.90 Å². The molecule has 2 aromatic carbocycles. The van der Waals surface area contributed by atoms with Crippen molar-refractivity contribution < 1.29 is 27.7 Å². The predicted octanol–water partition coefficient (Wildman–Crippen LogP) is 3.11. The lowest BCUT2D eigenvalue weighted by molar-refractivity contribution is -0.384. The molecule has 158 valence electrons. The third-order valence-corrected chi connectivity index (χ3v) is 4.64. The van der Waals surface area contributed by atoms with Gasteiger partial charge in [0, 0.05) is 25.6 Å². The fraction of sp³-hybridized carbons (Fsp3) is 0.263. The zero-order valence-corrected chi connectivity index (χ0v) is 15.5. The Kier molecular flexibility index (Phi) is 5.90. The molecule has 1 aliphatic heterocycles. The van der Waals surface area contributed by atoms with Crippen LogP contribution >= 0.6 is 0 Å². The third kappa shape index (κ3) is 4.85. The van der Waals surface area contributed by atoms with E-state index < -0.39 is 34.2 Å². The molecular weight excluding hydrogens is 405 g/mol. The first-order chi connectivity index (χ1) is 14.1. The van der Waals surface area contributed by atoms with Gasteiger partial charge in [-0.1, -0.05) is 30.3 Å². The molecule has 11 heteroatoms. The highest BCUT2D eigenvalue weighted by atomic mass is 19.4. The summed E-state index contributed by atoms with van der Waals surface area (Å²) in [7, 11) is 0. The van der Waals surface area contributed by atoms with Crippen molar-refractivity contribution in [3.63, 3.8) is 0 Å². The monoisotopic (exact) mass is 422 g/mol. The molecule has 3 rings (SSSR count). The summed E-state index contributed by atoms with van der Waals surface area (Å²) < 4.78 is 38.3. The maximum Gasteiger partial charge on any atom is 0.416 e. The first kappa shape index (κ1) is 21.1. The molecule has 1 heterocycles. The number of likely N-dealkylation sites (tertiary alicyclic amines) is 1. The van der Waals surface area contributed by atoms with Crippen molar-refractivity contribution in [2.45, 2.75) is 19.1 Å². The standard InChI is InChI=1S/C19H17F3N4O4/c20-19(21,22)14-6-7-15(16(9-14)26(29)30)23-24-18(28)13-8-17(27)25(11-13)10-12-4-2-1-3-5-12/h1-7,9,13,23H,8,10-11H2,(H,24,28). The van der Waals surface area contributed by atoms with Crippen LogP contribution in [-0.2, 0) is 22.3 Å². The number of rotatable bonds is 6. The number of nitrogens with zero attached hydrogens (tertiary/aromatic N) is 2. The second-order valence-corrected chi connectivity index (χ2v) is 6.76. The molecule has 1 saturated heterocycles. The average Bonchev–Trinajstić information content (AvgIpc) is 3.06. The van der Waals surface area contributed by atoms with E-state index in [9.17, 15) is 32.9 Å². The fourth-order valence-corrected chi connectivity index (χ4v) is 3.10. The van der Waals surface area contributed by atoms with Crippen molar-refractivity contribution in [3.05, 3.63) is 69.8 Å². The van der Waals surface area contributed by atoms with Gasteiger partial charge in [-0.2, -0.15) is 13.2 Å². The van der Waals surface area contributed by atoms with E-state index in [0.717, 1.165) is 11.6 Å². The zero-order valence-electron chi connectivity index (χ0n) is 15.5. The molecule has 0 bridgehead atoms. The van der Waals surface area contributed by atoms with E-state index in [1.807, 2.05) is 30.3 Å². The third-order valence-electron chi connectivity index (χ3n) is 4.64. The number of hydrazine groups is 1. The zero-order chi connectivity index (χ0) is 21.9. The van der Waals surface area contributed by atoms with Gasteiger partial charge in [0.2, 0.25) is 11.8 Å².